The third-order valence-electron chi connectivity index (χ3n) is 4.24. The van der Waals surface area contributed by atoms with Gasteiger partial charge in [0, 0.05) is 52.1 Å². The summed E-state index contributed by atoms with van der Waals surface area (Å²) in [5, 5.41) is 5.65. The van der Waals surface area contributed by atoms with E-state index in [1.54, 1.807) is 42.3 Å². The van der Waals surface area contributed by atoms with Gasteiger partial charge >= 0.3 is 0 Å². The van der Waals surface area contributed by atoms with Crippen molar-refractivity contribution in [3.05, 3.63) is 30.3 Å². The number of nitrogens with one attached hydrogen (secondary N) is 2. The van der Waals surface area contributed by atoms with Crippen LogP contribution in [0.2, 0.25) is 0 Å². The number of carbonyl (C=O) groups excluding carboxylic acids is 2. The summed E-state index contributed by atoms with van der Waals surface area (Å²) in [7, 11) is -1.73. The average Bonchev–Trinajstić information content (AvgIpc) is 2.67. The molecule has 1 aromatic rings. The van der Waals surface area contributed by atoms with Crippen molar-refractivity contribution in [2.24, 2.45) is 0 Å². The molecule has 0 spiro atoms. The number of nitrogens with zero attached hydrogens (tertiary/aromatic N) is 2. The van der Waals surface area contributed by atoms with Crippen LogP contribution in [0.15, 0.2) is 35.2 Å². The third kappa shape index (κ3) is 6.76. The molecule has 0 saturated carbocycles. The van der Waals surface area contributed by atoms with E-state index in [4.69, 9.17) is 0 Å². The number of carbonyl (C=O) groups is 2. The second-order valence-corrected chi connectivity index (χ2v) is 7.99. The molecule has 1 aromatic carbocycles. The number of likely N-dealkylation sites (N-methyl/N-ethyl adjacent to an activating group) is 1. The van der Waals surface area contributed by atoms with E-state index in [2.05, 4.69) is 10.6 Å². The molecule has 1 saturated heterocycles. The van der Waals surface area contributed by atoms with Crippen LogP contribution in [-0.2, 0) is 19.6 Å². The van der Waals surface area contributed by atoms with E-state index in [0.29, 0.717) is 26.2 Å². The Bertz CT molecular complexity index is 707. The van der Waals surface area contributed by atoms with Gasteiger partial charge in [0.05, 0.1) is 4.90 Å². The minimum atomic E-state index is -3.52. The molecule has 2 amide bonds. The van der Waals surface area contributed by atoms with Gasteiger partial charge in [-0.25, -0.2) is 8.42 Å². The monoisotopic (exact) mass is 418 g/mol. The summed E-state index contributed by atoms with van der Waals surface area (Å²) in [5.41, 5.74) is 0. The number of sulfonamides is 1. The number of amides is 2. The number of piperazine rings is 1. The average molecular weight is 419 g/mol. The first-order valence-electron chi connectivity index (χ1n) is 8.69. The molecule has 1 heterocycles. The zero-order valence-electron chi connectivity index (χ0n) is 15.4. The fraction of sp³-hybridized carbons (Fsp3) is 0.529. The van der Waals surface area contributed by atoms with Gasteiger partial charge in [-0.2, -0.15) is 4.31 Å². The zero-order valence-corrected chi connectivity index (χ0v) is 17.0. The van der Waals surface area contributed by atoms with Crippen molar-refractivity contribution < 1.29 is 18.0 Å². The smallest absolute Gasteiger partial charge is 0.243 e. The Morgan fingerprint density at radius 3 is 2.22 bits per heavy atom. The van der Waals surface area contributed by atoms with Crippen LogP contribution in [-0.4, -0.2) is 75.8 Å². The fourth-order valence-corrected chi connectivity index (χ4v) is 4.16. The maximum atomic E-state index is 12.6. The molecule has 8 nitrogen and oxygen atoms in total. The van der Waals surface area contributed by atoms with E-state index in [1.807, 2.05) is 0 Å². The molecule has 0 aromatic heterocycles. The van der Waals surface area contributed by atoms with Crippen LogP contribution < -0.4 is 10.6 Å². The summed E-state index contributed by atoms with van der Waals surface area (Å²) in [5.74, 6) is -0.274. The summed E-state index contributed by atoms with van der Waals surface area (Å²) in [6.07, 6.45) is 0.280. The van der Waals surface area contributed by atoms with E-state index < -0.39 is 10.0 Å². The van der Waals surface area contributed by atoms with Crippen molar-refractivity contribution in [3.63, 3.8) is 0 Å². The predicted molar refractivity (Wildman–Crippen MR) is 105 cm³/mol. The number of rotatable bonds is 8. The molecule has 27 heavy (non-hydrogen) atoms. The fourth-order valence-electron chi connectivity index (χ4n) is 2.71. The lowest BCUT2D eigenvalue weighted by Gasteiger charge is -2.34. The van der Waals surface area contributed by atoms with Crippen molar-refractivity contribution in [3.8, 4) is 0 Å². The van der Waals surface area contributed by atoms with Gasteiger partial charge in [0.2, 0.25) is 21.8 Å². The number of hydrogen-bond donors (Lipinski definition) is 2. The lowest BCUT2D eigenvalue weighted by atomic mass is 10.2. The topological polar surface area (TPSA) is 98.8 Å². The minimum Gasteiger partial charge on any atom is -0.355 e. The van der Waals surface area contributed by atoms with E-state index in [-0.39, 0.29) is 55.0 Å². The third-order valence-corrected chi connectivity index (χ3v) is 6.15. The molecule has 0 radical (unpaired) electrons. The lowest BCUT2D eigenvalue weighted by Crippen LogP contribution is -2.50. The first-order chi connectivity index (χ1) is 12.4. The highest BCUT2D eigenvalue weighted by atomic mass is 35.5. The molecule has 1 fully saturated rings. The van der Waals surface area contributed by atoms with Gasteiger partial charge in [0.25, 0.3) is 0 Å². The molecule has 0 atom stereocenters. The number of halogens is 1. The van der Waals surface area contributed by atoms with Gasteiger partial charge in [0.1, 0.15) is 0 Å². The Morgan fingerprint density at radius 1 is 1.00 bits per heavy atom. The van der Waals surface area contributed by atoms with Gasteiger partial charge in [-0.3, -0.25) is 9.59 Å². The number of hydrogen-bond acceptors (Lipinski definition) is 5. The van der Waals surface area contributed by atoms with Crippen molar-refractivity contribution in [1.29, 1.82) is 0 Å². The van der Waals surface area contributed by atoms with Crippen LogP contribution in [0.1, 0.15) is 12.8 Å². The normalized spacial score (nSPS) is 15.1. The highest BCUT2D eigenvalue weighted by Gasteiger charge is 2.29. The molecule has 152 valence electrons. The Kier molecular flexibility index (Phi) is 9.71. The molecule has 2 rings (SSSR count). The highest BCUT2D eigenvalue weighted by molar-refractivity contribution is 7.89. The molecular weight excluding hydrogens is 392 g/mol. The quantitative estimate of drug-likeness (QED) is 0.581. The maximum absolute atomic E-state index is 12.6. The van der Waals surface area contributed by atoms with E-state index >= 15 is 0 Å². The van der Waals surface area contributed by atoms with Crippen molar-refractivity contribution in [1.82, 2.24) is 19.8 Å². The van der Waals surface area contributed by atoms with Crippen molar-refractivity contribution in [2.45, 2.75) is 17.7 Å². The lowest BCUT2D eigenvalue weighted by molar-refractivity contribution is -0.134. The van der Waals surface area contributed by atoms with Crippen LogP contribution in [0.3, 0.4) is 0 Å². The van der Waals surface area contributed by atoms with Crippen LogP contribution >= 0.6 is 12.4 Å². The largest absolute Gasteiger partial charge is 0.355 e. The molecule has 0 unspecified atom stereocenters. The second kappa shape index (κ2) is 11.2. The van der Waals surface area contributed by atoms with Crippen LogP contribution in [0.5, 0.6) is 0 Å². The Morgan fingerprint density at radius 2 is 1.63 bits per heavy atom. The highest BCUT2D eigenvalue weighted by Crippen LogP contribution is 2.17. The maximum Gasteiger partial charge on any atom is 0.243 e. The van der Waals surface area contributed by atoms with Crippen molar-refractivity contribution >= 4 is 34.2 Å². The molecule has 0 bridgehead atoms. The minimum absolute atomic E-state index is 0. The Hall–Kier alpha value is -1.68. The number of benzene rings is 1. The van der Waals surface area contributed by atoms with Gasteiger partial charge in [0.15, 0.2) is 0 Å². The van der Waals surface area contributed by atoms with Crippen molar-refractivity contribution in [2.75, 3.05) is 46.3 Å². The van der Waals surface area contributed by atoms with Gasteiger partial charge in [-0.1, -0.05) is 18.2 Å². The standard InChI is InChI=1S/C17H26N4O4S.ClH/c1-18-9-10-19-16(22)7-8-17(23)20-11-13-21(14-12-20)26(24,25)15-5-3-2-4-6-15;/h2-6,18H,7-14H2,1H3,(H,19,22);1H. The molecule has 1 aliphatic heterocycles. The SMILES string of the molecule is CNCCNC(=O)CCC(=O)N1CCN(S(=O)(=O)c2ccccc2)CC1.Cl. The summed E-state index contributed by atoms with van der Waals surface area (Å²) in [6.45, 7) is 2.41. The summed E-state index contributed by atoms with van der Waals surface area (Å²) in [4.78, 5) is 25.8. The van der Waals surface area contributed by atoms with Crippen LogP contribution in [0.25, 0.3) is 0 Å². The summed E-state index contributed by atoms with van der Waals surface area (Å²) >= 11 is 0. The van der Waals surface area contributed by atoms with Gasteiger partial charge in [-0.15, -0.1) is 12.4 Å². The summed E-state index contributed by atoms with van der Waals surface area (Å²) < 4.78 is 26.5. The predicted octanol–water partition coefficient (Wildman–Crippen LogP) is 0.0571. The second-order valence-electron chi connectivity index (χ2n) is 6.05. The molecule has 10 heteroatoms. The molecule has 2 N–H and O–H groups in total. The van der Waals surface area contributed by atoms with E-state index in [1.165, 1.54) is 4.31 Å². The van der Waals surface area contributed by atoms with Crippen LogP contribution in [0, 0.1) is 0 Å². The molecule has 0 aliphatic carbocycles. The first-order valence-corrected chi connectivity index (χ1v) is 10.1. The van der Waals surface area contributed by atoms with E-state index in [9.17, 15) is 18.0 Å². The van der Waals surface area contributed by atoms with E-state index in [0.717, 1.165) is 0 Å². The summed E-state index contributed by atoms with van der Waals surface area (Å²) in [6, 6.07) is 8.28. The molecule has 1 aliphatic rings. The van der Waals surface area contributed by atoms with Gasteiger partial charge < -0.3 is 15.5 Å². The first kappa shape index (κ1) is 23.4. The molecular formula is C17H27ClN4O4S. The Balaban J connectivity index is 0.00000364. The van der Waals surface area contributed by atoms with Crippen LogP contribution in [0.4, 0.5) is 0 Å². The zero-order chi connectivity index (χ0) is 19.0. The Labute approximate surface area is 166 Å². The van der Waals surface area contributed by atoms with Gasteiger partial charge in [-0.05, 0) is 19.2 Å².